The van der Waals surface area contributed by atoms with Gasteiger partial charge >= 0.3 is 0 Å². The Morgan fingerprint density at radius 2 is 1.72 bits per heavy atom. The average molecular weight is 247 g/mol. The molecule has 2 nitrogen and oxygen atoms in total. The molecule has 0 aliphatic heterocycles. The lowest BCUT2D eigenvalue weighted by atomic mass is 9.86. The van der Waals surface area contributed by atoms with Crippen molar-refractivity contribution in [3.05, 3.63) is 35.4 Å². The van der Waals surface area contributed by atoms with Gasteiger partial charge in [-0.2, -0.15) is 0 Å². The molecule has 1 rings (SSSR count). The summed E-state index contributed by atoms with van der Waals surface area (Å²) in [4.78, 5) is 11.9. The van der Waals surface area contributed by atoms with Crippen LogP contribution >= 0.6 is 0 Å². The molecule has 0 radical (unpaired) electrons. The van der Waals surface area contributed by atoms with Gasteiger partial charge in [0.25, 0.3) is 0 Å². The molecule has 2 heteroatoms. The maximum absolute atomic E-state index is 11.9. The van der Waals surface area contributed by atoms with Crippen LogP contribution < -0.4 is 5.32 Å². The van der Waals surface area contributed by atoms with Crippen LogP contribution in [0, 0.1) is 0 Å². The Balaban J connectivity index is 2.60. The van der Waals surface area contributed by atoms with Crippen molar-refractivity contribution in [1.82, 2.24) is 5.32 Å². The minimum Gasteiger partial charge on any atom is -0.314 e. The minimum atomic E-state index is 0.140. The summed E-state index contributed by atoms with van der Waals surface area (Å²) < 4.78 is 0. The van der Waals surface area contributed by atoms with Gasteiger partial charge in [-0.15, -0.1) is 0 Å². The van der Waals surface area contributed by atoms with Gasteiger partial charge in [0.15, 0.2) is 5.78 Å². The molecule has 0 saturated carbocycles. The third-order valence-corrected chi connectivity index (χ3v) is 2.98. The van der Waals surface area contributed by atoms with Gasteiger partial charge < -0.3 is 5.32 Å². The van der Waals surface area contributed by atoms with Crippen LogP contribution in [0.3, 0.4) is 0 Å². The summed E-state index contributed by atoms with van der Waals surface area (Å²) in [5.41, 5.74) is 2.22. The first-order valence-corrected chi connectivity index (χ1v) is 6.68. The number of ketones is 1. The number of hydrogen-bond donors (Lipinski definition) is 1. The molecule has 0 atom stereocenters. The molecule has 0 spiro atoms. The quantitative estimate of drug-likeness (QED) is 0.806. The van der Waals surface area contributed by atoms with Crippen molar-refractivity contribution >= 4 is 5.78 Å². The van der Waals surface area contributed by atoms with Gasteiger partial charge in [-0.1, -0.05) is 58.9 Å². The summed E-state index contributed by atoms with van der Waals surface area (Å²) in [7, 11) is 0. The number of rotatable bonds is 5. The normalized spacial score (nSPS) is 11.9. The van der Waals surface area contributed by atoms with Crippen LogP contribution in [0.15, 0.2) is 24.3 Å². The van der Waals surface area contributed by atoms with Crippen molar-refractivity contribution < 1.29 is 4.79 Å². The van der Waals surface area contributed by atoms with Gasteiger partial charge in [0, 0.05) is 24.6 Å². The summed E-state index contributed by atoms with van der Waals surface area (Å²) in [6.07, 6.45) is 0.563. The van der Waals surface area contributed by atoms with Crippen LogP contribution in [0.2, 0.25) is 0 Å². The molecule has 0 amide bonds. The predicted octanol–water partition coefficient (Wildman–Crippen LogP) is 3.55. The van der Waals surface area contributed by atoms with Crippen LogP contribution in [0.4, 0.5) is 0 Å². The van der Waals surface area contributed by atoms with Crippen molar-refractivity contribution in [2.24, 2.45) is 0 Å². The van der Waals surface area contributed by atoms with Crippen molar-refractivity contribution in [2.75, 3.05) is 6.54 Å². The van der Waals surface area contributed by atoms with E-state index in [9.17, 15) is 4.79 Å². The molecule has 1 aromatic carbocycles. The lowest BCUT2D eigenvalue weighted by Crippen LogP contribution is -2.25. The SMILES string of the molecule is CC(C)NCCC(=O)c1ccc(C(C)(C)C)cc1. The van der Waals surface area contributed by atoms with Crippen LogP contribution in [-0.2, 0) is 5.41 Å². The van der Waals surface area contributed by atoms with E-state index in [1.807, 2.05) is 12.1 Å². The fourth-order valence-electron chi connectivity index (χ4n) is 1.77. The third kappa shape index (κ3) is 4.61. The highest BCUT2D eigenvalue weighted by atomic mass is 16.1. The Bertz CT molecular complexity index is 385. The highest BCUT2D eigenvalue weighted by Gasteiger charge is 2.14. The molecule has 0 fully saturated rings. The minimum absolute atomic E-state index is 0.140. The zero-order valence-corrected chi connectivity index (χ0v) is 12.2. The molecule has 100 valence electrons. The Kier molecular flexibility index (Phi) is 5.09. The molecule has 0 aliphatic rings. The van der Waals surface area contributed by atoms with E-state index in [0.29, 0.717) is 12.5 Å². The van der Waals surface area contributed by atoms with E-state index in [-0.39, 0.29) is 11.2 Å². The smallest absolute Gasteiger partial charge is 0.164 e. The van der Waals surface area contributed by atoms with Gasteiger partial charge in [0.1, 0.15) is 0 Å². The van der Waals surface area contributed by atoms with Crippen LogP contribution in [0.1, 0.15) is 57.0 Å². The van der Waals surface area contributed by atoms with E-state index in [4.69, 9.17) is 0 Å². The fraction of sp³-hybridized carbons (Fsp3) is 0.562. The van der Waals surface area contributed by atoms with Gasteiger partial charge in [0.2, 0.25) is 0 Å². The second-order valence-corrected chi connectivity index (χ2v) is 6.11. The second kappa shape index (κ2) is 6.14. The molecular weight excluding hydrogens is 222 g/mol. The first-order valence-electron chi connectivity index (χ1n) is 6.68. The van der Waals surface area contributed by atoms with E-state index < -0.39 is 0 Å². The Hall–Kier alpha value is -1.15. The van der Waals surface area contributed by atoms with Crippen molar-refractivity contribution in [3.63, 3.8) is 0 Å². The molecule has 1 N–H and O–H groups in total. The highest BCUT2D eigenvalue weighted by Crippen LogP contribution is 2.22. The topological polar surface area (TPSA) is 29.1 Å². The maximum atomic E-state index is 11.9. The lowest BCUT2D eigenvalue weighted by molar-refractivity contribution is 0.0982. The largest absolute Gasteiger partial charge is 0.314 e. The number of carbonyl (C=O) groups is 1. The maximum Gasteiger partial charge on any atom is 0.164 e. The lowest BCUT2D eigenvalue weighted by Gasteiger charge is -2.19. The van der Waals surface area contributed by atoms with Gasteiger partial charge in [0.05, 0.1) is 0 Å². The number of Topliss-reactive ketones (excluding diaryl/α,β-unsaturated/α-hetero) is 1. The molecule has 18 heavy (non-hydrogen) atoms. The Labute approximate surface area is 111 Å². The molecule has 0 bridgehead atoms. The van der Waals surface area contributed by atoms with E-state index in [1.54, 1.807) is 0 Å². The molecule has 0 saturated heterocycles. The molecule has 0 aromatic heterocycles. The van der Waals surface area contributed by atoms with E-state index >= 15 is 0 Å². The zero-order valence-electron chi connectivity index (χ0n) is 12.2. The van der Waals surface area contributed by atoms with Crippen LogP contribution in [0.5, 0.6) is 0 Å². The molecule has 0 aliphatic carbocycles. The second-order valence-electron chi connectivity index (χ2n) is 6.11. The van der Waals surface area contributed by atoms with Gasteiger partial charge in [-0.25, -0.2) is 0 Å². The van der Waals surface area contributed by atoms with Gasteiger partial charge in [-0.3, -0.25) is 4.79 Å². The van der Waals surface area contributed by atoms with Gasteiger partial charge in [-0.05, 0) is 11.0 Å². The van der Waals surface area contributed by atoms with Crippen molar-refractivity contribution in [3.8, 4) is 0 Å². The van der Waals surface area contributed by atoms with E-state index in [1.165, 1.54) is 5.56 Å². The summed E-state index contributed by atoms with van der Waals surface area (Å²) in [6, 6.07) is 8.43. The summed E-state index contributed by atoms with van der Waals surface area (Å²) in [5.74, 6) is 0.212. The number of benzene rings is 1. The Morgan fingerprint density at radius 1 is 1.17 bits per heavy atom. The first-order chi connectivity index (χ1) is 8.30. The first kappa shape index (κ1) is 14.9. The zero-order chi connectivity index (χ0) is 13.8. The van der Waals surface area contributed by atoms with Crippen LogP contribution in [0.25, 0.3) is 0 Å². The fourth-order valence-corrected chi connectivity index (χ4v) is 1.77. The number of hydrogen-bond acceptors (Lipinski definition) is 2. The Morgan fingerprint density at radius 3 is 2.17 bits per heavy atom. The molecule has 0 unspecified atom stereocenters. The average Bonchev–Trinajstić information content (AvgIpc) is 2.27. The molecule has 0 heterocycles. The molecule has 1 aromatic rings. The number of carbonyl (C=O) groups excluding carboxylic acids is 1. The summed E-state index contributed by atoms with van der Waals surface area (Å²) in [5, 5.41) is 3.26. The summed E-state index contributed by atoms with van der Waals surface area (Å²) in [6.45, 7) is 11.5. The molecular formula is C16H25NO. The van der Waals surface area contributed by atoms with Crippen molar-refractivity contribution in [1.29, 1.82) is 0 Å². The third-order valence-electron chi connectivity index (χ3n) is 2.98. The number of nitrogens with one attached hydrogen (secondary N) is 1. The highest BCUT2D eigenvalue weighted by molar-refractivity contribution is 5.96. The van der Waals surface area contributed by atoms with Crippen LogP contribution in [-0.4, -0.2) is 18.4 Å². The van der Waals surface area contributed by atoms with Crippen molar-refractivity contribution in [2.45, 2.75) is 52.5 Å². The van der Waals surface area contributed by atoms with E-state index in [0.717, 1.165) is 12.1 Å². The van der Waals surface area contributed by atoms with E-state index in [2.05, 4.69) is 52.1 Å². The monoisotopic (exact) mass is 247 g/mol. The predicted molar refractivity (Wildman–Crippen MR) is 77.2 cm³/mol. The standard InChI is InChI=1S/C16H25NO/c1-12(2)17-11-10-15(18)13-6-8-14(9-7-13)16(3,4)5/h6-9,12,17H,10-11H2,1-5H3. The summed E-state index contributed by atoms with van der Waals surface area (Å²) >= 11 is 0.